The van der Waals surface area contributed by atoms with Gasteiger partial charge in [-0.05, 0) is 44.0 Å². The smallest absolute Gasteiger partial charge is 0.233 e. The Bertz CT molecular complexity index is 1140. The fourth-order valence-corrected chi connectivity index (χ4v) is 4.92. The molecule has 0 aromatic carbocycles. The van der Waals surface area contributed by atoms with E-state index in [-0.39, 0.29) is 0 Å². The van der Waals surface area contributed by atoms with Crippen LogP contribution >= 0.6 is 0 Å². The van der Waals surface area contributed by atoms with E-state index in [1.807, 2.05) is 13.0 Å². The third kappa shape index (κ3) is 6.09. The molecule has 1 aliphatic carbocycles. The number of aromatic nitrogens is 1. The van der Waals surface area contributed by atoms with Gasteiger partial charge in [0.2, 0.25) is 11.8 Å². The standard InChI is InChI=1S/C28H36N6O3/c1-22-18-26(33-12-8-31(2)9-13-33)30-28(24(22)19-29)35-17-16-32-10-14-34(15-11-32)27-21-36-25(20-37-27)23-6-4-3-5-7-23/h3-4,6,18,20-21H,5,7-17H2,1-2H3. The van der Waals surface area contributed by atoms with E-state index in [1.54, 1.807) is 12.5 Å². The van der Waals surface area contributed by atoms with Crippen LogP contribution in [0.3, 0.4) is 0 Å². The van der Waals surface area contributed by atoms with Crippen LogP contribution in [-0.2, 0) is 9.47 Å². The van der Waals surface area contributed by atoms with Crippen LogP contribution in [0.15, 0.2) is 54.0 Å². The molecule has 4 heterocycles. The lowest BCUT2D eigenvalue weighted by Gasteiger charge is -2.36. The van der Waals surface area contributed by atoms with E-state index >= 15 is 0 Å². The number of likely N-dealkylation sites (N-methyl/N-ethyl adjacent to an activating group) is 1. The summed E-state index contributed by atoms with van der Waals surface area (Å²) in [6.07, 6.45) is 11.7. The summed E-state index contributed by atoms with van der Waals surface area (Å²) in [7, 11) is 2.14. The summed E-state index contributed by atoms with van der Waals surface area (Å²) in [6, 6.07) is 4.28. The van der Waals surface area contributed by atoms with Crippen LogP contribution in [-0.4, -0.2) is 92.2 Å². The predicted octanol–water partition coefficient (Wildman–Crippen LogP) is 2.97. The lowest BCUT2D eigenvalue weighted by Crippen LogP contribution is -2.47. The van der Waals surface area contributed by atoms with Crippen molar-refractivity contribution in [1.29, 1.82) is 5.26 Å². The molecule has 0 N–H and O–H groups in total. The Morgan fingerprint density at radius 2 is 1.81 bits per heavy atom. The fourth-order valence-electron chi connectivity index (χ4n) is 4.92. The van der Waals surface area contributed by atoms with Gasteiger partial charge in [-0.15, -0.1) is 0 Å². The highest BCUT2D eigenvalue weighted by atomic mass is 16.6. The molecule has 1 aromatic rings. The highest BCUT2D eigenvalue weighted by Crippen LogP contribution is 2.27. The van der Waals surface area contributed by atoms with Gasteiger partial charge in [0.1, 0.15) is 30.3 Å². The van der Waals surface area contributed by atoms with Crippen LogP contribution in [0.5, 0.6) is 5.88 Å². The minimum atomic E-state index is 0.444. The number of anilines is 1. The van der Waals surface area contributed by atoms with E-state index in [2.05, 4.69) is 50.9 Å². The molecule has 2 fully saturated rings. The van der Waals surface area contributed by atoms with Crippen LogP contribution in [0.1, 0.15) is 24.0 Å². The molecular weight excluding hydrogens is 468 g/mol. The quantitative estimate of drug-likeness (QED) is 0.557. The van der Waals surface area contributed by atoms with Gasteiger partial charge in [0.05, 0.1) is 0 Å². The van der Waals surface area contributed by atoms with E-state index < -0.39 is 0 Å². The van der Waals surface area contributed by atoms with E-state index in [0.717, 1.165) is 94.8 Å². The zero-order chi connectivity index (χ0) is 25.6. The molecule has 0 spiro atoms. The lowest BCUT2D eigenvalue weighted by atomic mass is 10.0. The molecule has 3 aliphatic heterocycles. The van der Waals surface area contributed by atoms with Gasteiger partial charge in [0.25, 0.3) is 0 Å². The molecule has 0 atom stereocenters. The van der Waals surface area contributed by atoms with Crippen molar-refractivity contribution >= 4 is 5.82 Å². The Morgan fingerprint density at radius 1 is 1.03 bits per heavy atom. The van der Waals surface area contributed by atoms with Crippen LogP contribution in [0.25, 0.3) is 0 Å². The van der Waals surface area contributed by atoms with Crippen molar-refractivity contribution in [2.75, 3.05) is 77.5 Å². The summed E-state index contributed by atoms with van der Waals surface area (Å²) >= 11 is 0. The number of hydrogen-bond acceptors (Lipinski definition) is 9. The second-order valence-corrected chi connectivity index (χ2v) is 9.89. The largest absolute Gasteiger partial charge is 0.475 e. The number of aryl methyl sites for hydroxylation is 1. The van der Waals surface area contributed by atoms with Crippen LogP contribution < -0.4 is 9.64 Å². The van der Waals surface area contributed by atoms with Gasteiger partial charge < -0.3 is 28.9 Å². The molecule has 0 saturated carbocycles. The van der Waals surface area contributed by atoms with Gasteiger partial charge in [-0.2, -0.15) is 10.2 Å². The van der Waals surface area contributed by atoms with E-state index in [1.165, 1.54) is 5.57 Å². The zero-order valence-electron chi connectivity index (χ0n) is 21.9. The first-order chi connectivity index (χ1) is 18.1. The van der Waals surface area contributed by atoms with Crippen LogP contribution in [0.2, 0.25) is 0 Å². The third-order valence-electron chi connectivity index (χ3n) is 7.34. The van der Waals surface area contributed by atoms with E-state index in [0.29, 0.717) is 18.1 Å². The second kappa shape index (κ2) is 11.7. The minimum Gasteiger partial charge on any atom is -0.475 e. The third-order valence-corrected chi connectivity index (χ3v) is 7.34. The number of rotatable bonds is 7. The van der Waals surface area contributed by atoms with E-state index in [9.17, 15) is 5.26 Å². The second-order valence-electron chi connectivity index (χ2n) is 9.89. The van der Waals surface area contributed by atoms with Gasteiger partial charge in [-0.3, -0.25) is 4.90 Å². The SMILES string of the molecule is Cc1cc(N2CCN(C)CC2)nc(OCCN2CCN(C3=COC(C4=CC=CCC4)=CO3)CC2)c1C#N. The molecule has 0 amide bonds. The number of allylic oxidation sites excluding steroid dienone is 4. The number of hydrogen-bond donors (Lipinski definition) is 0. The first-order valence-electron chi connectivity index (χ1n) is 13.2. The molecular formula is C28H36N6O3. The topological polar surface area (TPSA) is 77.3 Å². The Labute approximate surface area is 219 Å². The first-order valence-corrected chi connectivity index (χ1v) is 13.2. The summed E-state index contributed by atoms with van der Waals surface area (Å²) < 4.78 is 17.9. The van der Waals surface area contributed by atoms with Crippen molar-refractivity contribution in [3.8, 4) is 11.9 Å². The molecule has 1 aromatic heterocycles. The average Bonchev–Trinajstić information content (AvgIpc) is 2.94. The summed E-state index contributed by atoms with van der Waals surface area (Å²) in [5.41, 5.74) is 2.60. The van der Waals surface area contributed by atoms with Crippen molar-refractivity contribution < 1.29 is 14.2 Å². The average molecular weight is 505 g/mol. The number of ether oxygens (including phenoxy) is 3. The summed E-state index contributed by atoms with van der Waals surface area (Å²) in [6.45, 7) is 10.6. The van der Waals surface area contributed by atoms with Gasteiger partial charge in [-0.1, -0.05) is 18.2 Å². The number of piperazine rings is 2. The molecule has 4 aliphatic rings. The van der Waals surface area contributed by atoms with Gasteiger partial charge in [-0.25, -0.2) is 0 Å². The Balaban J connectivity index is 1.10. The lowest BCUT2D eigenvalue weighted by molar-refractivity contribution is 0.0781. The number of nitrogens with zero attached hydrogens (tertiary/aromatic N) is 6. The molecule has 0 bridgehead atoms. The Morgan fingerprint density at radius 3 is 2.49 bits per heavy atom. The number of pyridine rings is 1. The Hall–Kier alpha value is -3.48. The Kier molecular flexibility index (Phi) is 7.97. The minimum absolute atomic E-state index is 0.444. The highest BCUT2D eigenvalue weighted by Gasteiger charge is 2.23. The number of nitriles is 1. The van der Waals surface area contributed by atoms with E-state index in [4.69, 9.17) is 19.2 Å². The van der Waals surface area contributed by atoms with Crippen molar-refractivity contribution in [1.82, 2.24) is 19.7 Å². The van der Waals surface area contributed by atoms with Crippen molar-refractivity contribution in [3.05, 3.63) is 65.2 Å². The maximum Gasteiger partial charge on any atom is 0.233 e. The molecule has 0 unspecified atom stereocenters. The van der Waals surface area contributed by atoms with Gasteiger partial charge in [0.15, 0.2) is 12.0 Å². The highest BCUT2D eigenvalue weighted by molar-refractivity contribution is 5.53. The summed E-state index contributed by atoms with van der Waals surface area (Å²) in [5, 5.41) is 9.68. The molecule has 196 valence electrons. The first kappa shape index (κ1) is 25.2. The zero-order valence-corrected chi connectivity index (χ0v) is 21.9. The molecule has 9 heteroatoms. The molecule has 0 radical (unpaired) electrons. The predicted molar refractivity (Wildman–Crippen MR) is 142 cm³/mol. The molecule has 2 saturated heterocycles. The fraction of sp³-hybridized carbons (Fsp3) is 0.500. The monoisotopic (exact) mass is 504 g/mol. The normalized spacial score (nSPS) is 20.8. The molecule has 9 nitrogen and oxygen atoms in total. The van der Waals surface area contributed by atoms with Crippen molar-refractivity contribution in [2.45, 2.75) is 19.8 Å². The van der Waals surface area contributed by atoms with Gasteiger partial charge in [0, 0.05) is 58.9 Å². The summed E-state index contributed by atoms with van der Waals surface area (Å²) in [4.78, 5) is 13.9. The molecule has 5 rings (SSSR count). The summed E-state index contributed by atoms with van der Waals surface area (Å²) in [5.74, 6) is 2.88. The van der Waals surface area contributed by atoms with Crippen LogP contribution in [0, 0.1) is 18.3 Å². The maximum atomic E-state index is 9.68. The van der Waals surface area contributed by atoms with Crippen LogP contribution in [0.4, 0.5) is 5.82 Å². The maximum absolute atomic E-state index is 9.68. The molecule has 37 heavy (non-hydrogen) atoms. The van der Waals surface area contributed by atoms with Crippen molar-refractivity contribution in [3.63, 3.8) is 0 Å². The van der Waals surface area contributed by atoms with Gasteiger partial charge >= 0.3 is 0 Å². The van der Waals surface area contributed by atoms with Crippen molar-refractivity contribution in [2.24, 2.45) is 0 Å².